The van der Waals surface area contributed by atoms with Crippen LogP contribution >= 0.6 is 0 Å². The molecule has 0 amide bonds. The summed E-state index contributed by atoms with van der Waals surface area (Å²) in [5.74, 6) is 0.629. The van der Waals surface area contributed by atoms with E-state index in [2.05, 4.69) is 49.2 Å². The first-order valence-electron chi connectivity index (χ1n) is 12.3. The Balaban J connectivity index is 1.29. The maximum atomic E-state index is 9.72. The van der Waals surface area contributed by atoms with Crippen LogP contribution in [-0.4, -0.2) is 59.3 Å². The molecule has 0 aliphatic carbocycles. The second-order valence-electron chi connectivity index (χ2n) is 9.46. The van der Waals surface area contributed by atoms with Crippen molar-refractivity contribution in [2.45, 2.75) is 25.4 Å². The molecule has 0 spiro atoms. The number of nitriles is 1. The van der Waals surface area contributed by atoms with Crippen LogP contribution in [0.15, 0.2) is 61.6 Å². The molecule has 6 heterocycles. The van der Waals surface area contributed by atoms with Crippen LogP contribution in [0.5, 0.6) is 5.88 Å². The van der Waals surface area contributed by atoms with Crippen LogP contribution in [0, 0.1) is 11.3 Å². The van der Waals surface area contributed by atoms with Crippen molar-refractivity contribution in [2.24, 2.45) is 7.05 Å². The fourth-order valence-electron chi connectivity index (χ4n) is 5.10. The summed E-state index contributed by atoms with van der Waals surface area (Å²) in [7, 11) is 3.52. The molecule has 10 nitrogen and oxygen atoms in total. The molecule has 1 aliphatic rings. The van der Waals surface area contributed by atoms with Crippen molar-refractivity contribution in [1.29, 1.82) is 5.26 Å². The Morgan fingerprint density at radius 3 is 2.68 bits per heavy atom. The molecule has 1 fully saturated rings. The normalized spacial score (nSPS) is 16.2. The van der Waals surface area contributed by atoms with Gasteiger partial charge in [-0.25, -0.2) is 9.50 Å². The summed E-state index contributed by atoms with van der Waals surface area (Å²) in [5.41, 5.74) is 6.35. The van der Waals surface area contributed by atoms with Crippen LogP contribution < -0.4 is 4.74 Å². The van der Waals surface area contributed by atoms with Crippen molar-refractivity contribution >= 4 is 5.52 Å². The van der Waals surface area contributed by atoms with Crippen LogP contribution in [0.3, 0.4) is 0 Å². The number of fused-ring (bicyclic) bond motifs is 1. The zero-order chi connectivity index (χ0) is 25.4. The summed E-state index contributed by atoms with van der Waals surface area (Å²) in [5, 5.41) is 23.2. The van der Waals surface area contributed by atoms with Gasteiger partial charge in [-0.2, -0.15) is 20.6 Å². The second kappa shape index (κ2) is 9.52. The van der Waals surface area contributed by atoms with E-state index in [4.69, 9.17) is 9.84 Å². The lowest BCUT2D eigenvalue weighted by molar-refractivity contribution is 0.163. The van der Waals surface area contributed by atoms with Crippen LogP contribution in [-0.2, 0) is 13.6 Å². The van der Waals surface area contributed by atoms with E-state index in [9.17, 15) is 5.26 Å². The third-order valence-corrected chi connectivity index (χ3v) is 6.95. The van der Waals surface area contributed by atoms with E-state index in [1.54, 1.807) is 22.5 Å². The summed E-state index contributed by atoms with van der Waals surface area (Å²) < 4.78 is 10.8. The third-order valence-electron chi connectivity index (χ3n) is 6.95. The molecular weight excluding hydrogens is 466 g/mol. The SMILES string of the molecule is COc1ccc(CN2CCCC(n3cc(-c4cc(-c5cnn(C)c5)cn5ncc(C#N)c45)cn3)C2)cn1. The predicted octanol–water partition coefficient (Wildman–Crippen LogP) is 3.71. The molecular formula is C27H27N9O. The van der Waals surface area contributed by atoms with E-state index in [1.165, 1.54) is 5.56 Å². The van der Waals surface area contributed by atoms with Crippen LogP contribution in [0.25, 0.3) is 27.8 Å². The number of hydrogen-bond donors (Lipinski definition) is 0. The highest BCUT2D eigenvalue weighted by molar-refractivity contribution is 5.87. The first-order valence-corrected chi connectivity index (χ1v) is 12.3. The van der Waals surface area contributed by atoms with Gasteiger partial charge in [0.1, 0.15) is 6.07 Å². The highest BCUT2D eigenvalue weighted by Gasteiger charge is 2.23. The summed E-state index contributed by atoms with van der Waals surface area (Å²) in [4.78, 5) is 6.79. The molecule has 186 valence electrons. The quantitative estimate of drug-likeness (QED) is 0.355. The average Bonchev–Trinajstić information content (AvgIpc) is 3.68. The molecule has 0 radical (unpaired) electrons. The van der Waals surface area contributed by atoms with Crippen LogP contribution in [0.1, 0.15) is 30.0 Å². The molecule has 1 atom stereocenters. The zero-order valence-corrected chi connectivity index (χ0v) is 20.8. The maximum absolute atomic E-state index is 9.72. The van der Waals surface area contributed by atoms with E-state index in [0.29, 0.717) is 11.4 Å². The van der Waals surface area contributed by atoms with Gasteiger partial charge in [-0.15, -0.1) is 0 Å². The summed E-state index contributed by atoms with van der Waals surface area (Å²) in [6, 6.07) is 8.63. The minimum Gasteiger partial charge on any atom is -0.481 e. The van der Waals surface area contributed by atoms with E-state index in [-0.39, 0.29) is 6.04 Å². The lowest BCUT2D eigenvalue weighted by Crippen LogP contribution is -2.36. The summed E-state index contributed by atoms with van der Waals surface area (Å²) >= 11 is 0. The number of aryl methyl sites for hydroxylation is 1. The van der Waals surface area contributed by atoms with Gasteiger partial charge in [0.05, 0.1) is 42.8 Å². The molecule has 5 aromatic heterocycles. The Bertz CT molecular complexity index is 1590. The molecule has 0 bridgehead atoms. The number of nitrogens with zero attached hydrogens (tertiary/aromatic N) is 9. The van der Waals surface area contributed by atoms with Gasteiger partial charge >= 0.3 is 0 Å². The maximum Gasteiger partial charge on any atom is 0.212 e. The molecule has 0 N–H and O–H groups in total. The topological polar surface area (TPSA) is 102 Å². The molecule has 1 unspecified atom stereocenters. The number of hydrogen-bond acceptors (Lipinski definition) is 7. The smallest absolute Gasteiger partial charge is 0.212 e. The van der Waals surface area contributed by atoms with Gasteiger partial charge in [-0.1, -0.05) is 6.07 Å². The van der Waals surface area contributed by atoms with Crippen LogP contribution in [0.4, 0.5) is 0 Å². The Morgan fingerprint density at radius 1 is 1.03 bits per heavy atom. The monoisotopic (exact) mass is 493 g/mol. The Hall–Kier alpha value is -4.49. The Morgan fingerprint density at radius 2 is 1.92 bits per heavy atom. The number of methoxy groups -OCH3 is 1. The molecule has 10 heteroatoms. The molecule has 1 saturated heterocycles. The molecule has 5 aromatic rings. The number of likely N-dealkylation sites (tertiary alicyclic amines) is 1. The first-order chi connectivity index (χ1) is 18.1. The lowest BCUT2D eigenvalue weighted by Gasteiger charge is -2.32. The van der Waals surface area contributed by atoms with Gasteiger partial charge in [0.15, 0.2) is 0 Å². The predicted molar refractivity (Wildman–Crippen MR) is 138 cm³/mol. The first kappa shape index (κ1) is 22.9. The fraction of sp³-hybridized carbons (Fsp3) is 0.296. The van der Waals surface area contributed by atoms with E-state index in [0.717, 1.165) is 60.2 Å². The van der Waals surface area contributed by atoms with Gasteiger partial charge in [0.2, 0.25) is 5.88 Å². The third kappa shape index (κ3) is 4.45. The van der Waals surface area contributed by atoms with Crippen molar-refractivity contribution < 1.29 is 4.74 Å². The van der Waals surface area contributed by atoms with E-state index < -0.39 is 0 Å². The van der Waals surface area contributed by atoms with Crippen molar-refractivity contribution in [2.75, 3.05) is 20.2 Å². The lowest BCUT2D eigenvalue weighted by atomic mass is 10.0. The number of aromatic nitrogens is 7. The van der Waals surface area contributed by atoms with Gasteiger partial charge < -0.3 is 4.74 Å². The fourth-order valence-corrected chi connectivity index (χ4v) is 5.10. The van der Waals surface area contributed by atoms with E-state index >= 15 is 0 Å². The summed E-state index contributed by atoms with van der Waals surface area (Å²) in [6.45, 7) is 2.80. The zero-order valence-electron chi connectivity index (χ0n) is 20.8. The molecule has 37 heavy (non-hydrogen) atoms. The van der Waals surface area contributed by atoms with Crippen molar-refractivity contribution in [3.63, 3.8) is 0 Å². The Kier molecular flexibility index (Phi) is 5.90. The molecule has 1 aliphatic heterocycles. The van der Waals surface area contributed by atoms with Crippen molar-refractivity contribution in [3.05, 3.63) is 72.7 Å². The highest BCUT2D eigenvalue weighted by atomic mass is 16.5. The van der Waals surface area contributed by atoms with Gasteiger partial charge in [-0.3, -0.25) is 14.3 Å². The Labute approximate surface area is 214 Å². The van der Waals surface area contributed by atoms with Gasteiger partial charge in [-0.05, 0) is 31.0 Å². The van der Waals surface area contributed by atoms with Gasteiger partial charge in [0.25, 0.3) is 0 Å². The molecule has 6 rings (SSSR count). The second-order valence-corrected chi connectivity index (χ2v) is 9.46. The number of ether oxygens (including phenoxy) is 1. The molecule has 0 aromatic carbocycles. The largest absolute Gasteiger partial charge is 0.481 e. The van der Waals surface area contributed by atoms with E-state index in [1.807, 2.05) is 44.1 Å². The van der Waals surface area contributed by atoms with Crippen LogP contribution in [0.2, 0.25) is 0 Å². The minimum absolute atomic E-state index is 0.270. The average molecular weight is 494 g/mol. The number of pyridine rings is 2. The summed E-state index contributed by atoms with van der Waals surface area (Å²) in [6.07, 6.45) is 15.4. The minimum atomic E-state index is 0.270. The highest BCUT2D eigenvalue weighted by Crippen LogP contribution is 2.33. The number of piperidine rings is 1. The molecule has 0 saturated carbocycles. The standard InChI is InChI=1S/C27H27N9O/c1-33-15-22(12-30-33)20-8-25(27-21(9-28)11-32-36(27)16-20)23-13-31-35(17-23)24-4-3-7-34(18-24)14-19-5-6-26(37-2)29-10-19/h5-6,8,10-13,15-17,24H,3-4,7,14,18H2,1-2H3. The number of rotatable bonds is 6. The van der Waals surface area contributed by atoms with Gasteiger partial charge in [0, 0.05) is 73.2 Å². The van der Waals surface area contributed by atoms with Crippen molar-refractivity contribution in [3.8, 4) is 34.2 Å². The van der Waals surface area contributed by atoms with Crippen molar-refractivity contribution in [1.82, 2.24) is 39.1 Å².